The third kappa shape index (κ3) is 3.61. The highest BCUT2D eigenvalue weighted by Crippen LogP contribution is 2.29. The van der Waals surface area contributed by atoms with E-state index in [0.717, 1.165) is 15.6 Å². The summed E-state index contributed by atoms with van der Waals surface area (Å²) in [5.74, 6) is 0.427. The van der Waals surface area contributed by atoms with Crippen molar-refractivity contribution in [3.8, 4) is 0 Å². The molecule has 0 fully saturated rings. The van der Waals surface area contributed by atoms with E-state index >= 15 is 0 Å². The van der Waals surface area contributed by atoms with Crippen LogP contribution in [0.3, 0.4) is 0 Å². The van der Waals surface area contributed by atoms with Gasteiger partial charge in [-0.3, -0.25) is 0 Å². The Morgan fingerprint density at radius 1 is 1.75 bits per heavy atom. The third-order valence-electron chi connectivity index (χ3n) is 1.98. The average Bonchev–Trinajstić information content (AvgIpc) is 2.64. The predicted molar refractivity (Wildman–Crippen MR) is 70.8 cm³/mol. The van der Waals surface area contributed by atoms with Gasteiger partial charge in [0.15, 0.2) is 5.96 Å². The number of nitrogens with zero attached hydrogens (tertiary/aromatic N) is 2. The summed E-state index contributed by atoms with van der Waals surface area (Å²) in [6, 6.07) is 1.78. The van der Waals surface area contributed by atoms with Crippen molar-refractivity contribution >= 4 is 39.5 Å². The zero-order valence-corrected chi connectivity index (χ0v) is 11.6. The van der Waals surface area contributed by atoms with Crippen LogP contribution >= 0.6 is 27.3 Å². The van der Waals surface area contributed by atoms with Crippen molar-refractivity contribution in [3.05, 3.63) is 20.8 Å². The molecule has 0 saturated heterocycles. The quantitative estimate of drug-likeness (QED) is 0.526. The first-order valence-corrected chi connectivity index (χ1v) is 6.40. The second-order valence-corrected chi connectivity index (χ2v) is 5.33. The molecule has 0 aliphatic rings. The molecule has 0 amide bonds. The van der Waals surface area contributed by atoms with Gasteiger partial charge in [-0.1, -0.05) is 0 Å². The Morgan fingerprint density at radius 2 is 2.44 bits per heavy atom. The van der Waals surface area contributed by atoms with Gasteiger partial charge in [-0.05, 0) is 22.0 Å². The molecule has 0 spiro atoms. The van der Waals surface area contributed by atoms with E-state index in [9.17, 15) is 4.79 Å². The lowest BCUT2D eigenvalue weighted by Gasteiger charge is -2.14. The maximum atomic E-state index is 10.6. The number of carbonyl (C=O) groups excluding carboxylic acids is 1. The SMILES string of the molecule is CN(C)C(N)=NC(CC=O)c1cc(Br)cs1. The van der Waals surface area contributed by atoms with Gasteiger partial charge in [-0.25, -0.2) is 4.99 Å². The highest BCUT2D eigenvalue weighted by molar-refractivity contribution is 9.10. The zero-order chi connectivity index (χ0) is 12.1. The van der Waals surface area contributed by atoms with Gasteiger partial charge in [0.2, 0.25) is 0 Å². The molecule has 0 aliphatic carbocycles. The molecule has 0 radical (unpaired) electrons. The monoisotopic (exact) mass is 303 g/mol. The number of halogens is 1. The van der Waals surface area contributed by atoms with Gasteiger partial charge < -0.3 is 15.4 Å². The van der Waals surface area contributed by atoms with E-state index in [1.165, 1.54) is 0 Å². The van der Waals surface area contributed by atoms with E-state index in [4.69, 9.17) is 5.73 Å². The second-order valence-electron chi connectivity index (χ2n) is 3.47. The van der Waals surface area contributed by atoms with Crippen LogP contribution in [-0.2, 0) is 4.79 Å². The van der Waals surface area contributed by atoms with Crippen LogP contribution < -0.4 is 5.73 Å². The highest BCUT2D eigenvalue weighted by atomic mass is 79.9. The Bertz CT molecular complexity index is 389. The number of guanidine groups is 1. The van der Waals surface area contributed by atoms with Gasteiger partial charge >= 0.3 is 0 Å². The number of carbonyl (C=O) groups is 1. The van der Waals surface area contributed by atoms with Gasteiger partial charge in [-0.15, -0.1) is 11.3 Å². The van der Waals surface area contributed by atoms with Crippen LogP contribution in [-0.4, -0.2) is 31.2 Å². The number of aldehydes is 1. The lowest BCUT2D eigenvalue weighted by Crippen LogP contribution is -2.30. The van der Waals surface area contributed by atoms with Crippen molar-refractivity contribution in [2.75, 3.05) is 14.1 Å². The first-order valence-electron chi connectivity index (χ1n) is 4.72. The second kappa shape index (κ2) is 6.00. The van der Waals surface area contributed by atoms with Crippen molar-refractivity contribution in [2.24, 2.45) is 10.7 Å². The van der Waals surface area contributed by atoms with E-state index in [1.807, 2.05) is 25.5 Å². The molecule has 0 aliphatic heterocycles. The van der Waals surface area contributed by atoms with E-state index in [1.54, 1.807) is 16.2 Å². The molecule has 1 atom stereocenters. The average molecular weight is 304 g/mol. The van der Waals surface area contributed by atoms with Crippen LogP contribution in [0.5, 0.6) is 0 Å². The van der Waals surface area contributed by atoms with E-state index in [2.05, 4.69) is 20.9 Å². The third-order valence-corrected chi connectivity index (χ3v) is 3.78. The van der Waals surface area contributed by atoms with E-state index in [-0.39, 0.29) is 6.04 Å². The number of rotatable bonds is 4. The minimum atomic E-state index is -0.184. The van der Waals surface area contributed by atoms with Crippen LogP contribution in [0.1, 0.15) is 17.3 Å². The van der Waals surface area contributed by atoms with E-state index < -0.39 is 0 Å². The summed E-state index contributed by atoms with van der Waals surface area (Å²) >= 11 is 4.94. The normalized spacial score (nSPS) is 13.6. The van der Waals surface area contributed by atoms with Crippen molar-refractivity contribution < 1.29 is 4.79 Å². The molecule has 16 heavy (non-hydrogen) atoms. The molecule has 4 nitrogen and oxygen atoms in total. The van der Waals surface area contributed by atoms with Gasteiger partial charge in [-0.2, -0.15) is 0 Å². The van der Waals surface area contributed by atoms with Crippen molar-refractivity contribution in [1.29, 1.82) is 0 Å². The fourth-order valence-corrected chi connectivity index (χ4v) is 2.60. The Labute approximate surface area is 107 Å². The summed E-state index contributed by atoms with van der Waals surface area (Å²) in [5, 5.41) is 1.97. The summed E-state index contributed by atoms with van der Waals surface area (Å²) in [7, 11) is 3.64. The van der Waals surface area contributed by atoms with Crippen LogP contribution in [0.4, 0.5) is 0 Å². The van der Waals surface area contributed by atoms with Crippen molar-refractivity contribution in [3.63, 3.8) is 0 Å². The minimum absolute atomic E-state index is 0.184. The maximum Gasteiger partial charge on any atom is 0.191 e. The molecule has 2 N–H and O–H groups in total. The molecule has 0 bridgehead atoms. The highest BCUT2D eigenvalue weighted by Gasteiger charge is 2.13. The summed E-state index contributed by atoms with van der Waals surface area (Å²) in [6.07, 6.45) is 1.21. The standard InChI is InChI=1S/C10H14BrN3OS/c1-14(2)10(12)13-8(3-4-15)9-5-7(11)6-16-9/h4-6,8H,3H2,1-2H3,(H2,12,13). The first kappa shape index (κ1) is 13.2. The summed E-state index contributed by atoms with van der Waals surface area (Å²) in [5.41, 5.74) is 5.74. The molecule has 1 aromatic heterocycles. The Balaban J connectivity index is 2.91. The molecule has 6 heteroatoms. The van der Waals surface area contributed by atoms with Crippen molar-refractivity contribution in [2.45, 2.75) is 12.5 Å². The predicted octanol–water partition coefficient (Wildman–Crippen LogP) is 2.02. The van der Waals surface area contributed by atoms with Crippen LogP contribution in [0.2, 0.25) is 0 Å². The Kier molecular flexibility index (Phi) is 4.95. The molecule has 1 aromatic rings. The molecule has 0 aromatic carbocycles. The molecule has 1 unspecified atom stereocenters. The summed E-state index contributed by atoms with van der Waals surface area (Å²) in [4.78, 5) is 17.7. The lowest BCUT2D eigenvalue weighted by atomic mass is 10.2. The van der Waals surface area contributed by atoms with Crippen LogP contribution in [0.25, 0.3) is 0 Å². The Hall–Kier alpha value is -0.880. The van der Waals surface area contributed by atoms with Crippen LogP contribution in [0.15, 0.2) is 20.9 Å². The number of hydrogen-bond donors (Lipinski definition) is 1. The molecule has 0 saturated carbocycles. The van der Waals surface area contributed by atoms with Gasteiger partial charge in [0.05, 0.1) is 6.04 Å². The van der Waals surface area contributed by atoms with Crippen LogP contribution in [0, 0.1) is 0 Å². The summed E-state index contributed by atoms with van der Waals surface area (Å²) in [6.45, 7) is 0. The maximum absolute atomic E-state index is 10.6. The number of aliphatic imine (C=N–C) groups is 1. The Morgan fingerprint density at radius 3 is 2.88 bits per heavy atom. The topological polar surface area (TPSA) is 58.7 Å². The van der Waals surface area contributed by atoms with Crippen molar-refractivity contribution in [1.82, 2.24) is 4.90 Å². The van der Waals surface area contributed by atoms with Gasteiger partial charge in [0.25, 0.3) is 0 Å². The molecule has 88 valence electrons. The zero-order valence-electron chi connectivity index (χ0n) is 9.18. The fraction of sp³-hybridized carbons (Fsp3) is 0.400. The minimum Gasteiger partial charge on any atom is -0.370 e. The number of thiophene rings is 1. The smallest absolute Gasteiger partial charge is 0.191 e. The first-order chi connectivity index (χ1) is 7.54. The number of nitrogens with two attached hydrogens (primary N) is 1. The molecule has 1 heterocycles. The largest absolute Gasteiger partial charge is 0.370 e. The van der Waals surface area contributed by atoms with Gasteiger partial charge in [0.1, 0.15) is 6.29 Å². The molecule has 1 rings (SSSR count). The molecular weight excluding hydrogens is 290 g/mol. The number of hydrogen-bond acceptors (Lipinski definition) is 3. The van der Waals surface area contributed by atoms with Gasteiger partial charge in [0, 0.05) is 35.2 Å². The summed E-state index contributed by atoms with van der Waals surface area (Å²) < 4.78 is 1.00. The fourth-order valence-electron chi connectivity index (χ4n) is 1.10. The lowest BCUT2D eigenvalue weighted by molar-refractivity contribution is -0.108. The molecular formula is C10H14BrN3OS. The van der Waals surface area contributed by atoms with E-state index in [0.29, 0.717) is 12.4 Å².